The SMILES string of the molecule is O=[N+]([O-])c1cn(O)nn1. The molecule has 0 aliphatic rings. The molecule has 0 fully saturated rings. The van der Waals surface area contributed by atoms with Crippen molar-refractivity contribution in [2.75, 3.05) is 0 Å². The van der Waals surface area contributed by atoms with Crippen LogP contribution in [0.1, 0.15) is 0 Å². The average molecular weight is 130 g/mol. The van der Waals surface area contributed by atoms with Crippen LogP contribution in [-0.4, -0.2) is 25.3 Å². The predicted octanol–water partition coefficient (Wildman–Crippen LogP) is -0.576. The molecule has 1 rings (SSSR count). The summed E-state index contributed by atoms with van der Waals surface area (Å²) in [6.45, 7) is 0. The summed E-state index contributed by atoms with van der Waals surface area (Å²) in [5.74, 6) is -0.475. The van der Waals surface area contributed by atoms with Gasteiger partial charge in [0.1, 0.15) is 5.10 Å². The Labute approximate surface area is 48.6 Å². The van der Waals surface area contributed by atoms with E-state index in [1.165, 1.54) is 0 Å². The smallest absolute Gasteiger partial charge is 0.409 e. The van der Waals surface area contributed by atoms with Crippen molar-refractivity contribution >= 4 is 5.82 Å². The highest BCUT2D eigenvalue weighted by atomic mass is 16.6. The van der Waals surface area contributed by atoms with E-state index in [-0.39, 0.29) is 4.85 Å². The van der Waals surface area contributed by atoms with E-state index in [0.29, 0.717) is 0 Å². The lowest BCUT2D eigenvalue weighted by Gasteiger charge is -1.80. The molecule has 0 aliphatic heterocycles. The molecule has 1 aromatic heterocycles. The van der Waals surface area contributed by atoms with Crippen LogP contribution in [0.2, 0.25) is 0 Å². The third kappa shape index (κ3) is 0.929. The zero-order valence-electron chi connectivity index (χ0n) is 4.13. The van der Waals surface area contributed by atoms with Gasteiger partial charge in [-0.1, -0.05) is 4.85 Å². The van der Waals surface area contributed by atoms with Crippen LogP contribution in [0.4, 0.5) is 5.82 Å². The van der Waals surface area contributed by atoms with E-state index < -0.39 is 10.7 Å². The maximum absolute atomic E-state index is 9.79. The molecule has 0 amide bonds. The Morgan fingerprint density at radius 1 is 1.89 bits per heavy atom. The molecule has 0 atom stereocenters. The molecule has 0 spiro atoms. The molecule has 0 aromatic carbocycles. The number of hydrogen-bond acceptors (Lipinski definition) is 5. The highest BCUT2D eigenvalue weighted by molar-refractivity contribution is 5.07. The van der Waals surface area contributed by atoms with Crippen molar-refractivity contribution in [3.8, 4) is 0 Å². The van der Waals surface area contributed by atoms with Gasteiger partial charge >= 0.3 is 5.82 Å². The van der Waals surface area contributed by atoms with Crippen LogP contribution < -0.4 is 0 Å². The van der Waals surface area contributed by atoms with Gasteiger partial charge in [-0.2, -0.15) is 0 Å². The minimum Gasteiger partial charge on any atom is -0.409 e. The van der Waals surface area contributed by atoms with Gasteiger partial charge < -0.3 is 15.3 Å². The van der Waals surface area contributed by atoms with Crippen molar-refractivity contribution in [1.82, 2.24) is 15.2 Å². The molecule has 0 saturated heterocycles. The molecule has 0 radical (unpaired) electrons. The van der Waals surface area contributed by atoms with E-state index in [0.717, 1.165) is 6.20 Å². The fraction of sp³-hybridized carbons (Fsp3) is 0. The molecule has 9 heavy (non-hydrogen) atoms. The Morgan fingerprint density at radius 2 is 2.56 bits per heavy atom. The summed E-state index contributed by atoms with van der Waals surface area (Å²) in [4.78, 5) is 9.32. The van der Waals surface area contributed by atoms with Crippen molar-refractivity contribution in [2.45, 2.75) is 0 Å². The fourth-order valence-electron chi connectivity index (χ4n) is 0.330. The minimum atomic E-state index is -0.750. The topological polar surface area (TPSA) is 94.1 Å². The number of hydrogen-bond donors (Lipinski definition) is 1. The van der Waals surface area contributed by atoms with Crippen LogP contribution in [0.5, 0.6) is 0 Å². The second kappa shape index (κ2) is 1.69. The summed E-state index contributed by atoms with van der Waals surface area (Å²) in [6, 6.07) is 0. The second-order valence-electron chi connectivity index (χ2n) is 1.25. The molecule has 7 heteroatoms. The average Bonchev–Trinajstić information content (AvgIpc) is 2.14. The van der Waals surface area contributed by atoms with Gasteiger partial charge in [-0.3, -0.25) is 0 Å². The van der Waals surface area contributed by atoms with Crippen molar-refractivity contribution < 1.29 is 10.1 Å². The summed E-state index contributed by atoms with van der Waals surface area (Å²) < 4.78 is 0. The molecule has 0 unspecified atom stereocenters. The lowest BCUT2D eigenvalue weighted by atomic mass is 10.8. The molecule has 48 valence electrons. The maximum atomic E-state index is 9.79. The van der Waals surface area contributed by atoms with E-state index >= 15 is 0 Å². The highest BCUT2D eigenvalue weighted by Crippen LogP contribution is 1.99. The van der Waals surface area contributed by atoms with Crippen LogP contribution in [0.3, 0.4) is 0 Å². The molecular formula is C2H2N4O3. The van der Waals surface area contributed by atoms with Crippen LogP contribution in [0, 0.1) is 10.1 Å². The van der Waals surface area contributed by atoms with Gasteiger partial charge in [0.05, 0.1) is 5.21 Å². The Bertz CT molecular complexity index is 229. The Kier molecular flexibility index (Phi) is 1.03. The molecule has 0 aliphatic carbocycles. The summed E-state index contributed by atoms with van der Waals surface area (Å²) in [5, 5.41) is 24.0. The Balaban J connectivity index is 2.98. The van der Waals surface area contributed by atoms with Crippen LogP contribution in [0.25, 0.3) is 0 Å². The molecular weight excluding hydrogens is 128 g/mol. The van der Waals surface area contributed by atoms with Crippen LogP contribution >= 0.6 is 0 Å². The van der Waals surface area contributed by atoms with Gasteiger partial charge in [-0.15, -0.1) is 0 Å². The summed E-state index contributed by atoms with van der Waals surface area (Å²) in [7, 11) is 0. The monoisotopic (exact) mass is 130 g/mol. The van der Waals surface area contributed by atoms with Crippen molar-refractivity contribution in [1.29, 1.82) is 0 Å². The van der Waals surface area contributed by atoms with Gasteiger partial charge in [0.25, 0.3) is 0 Å². The maximum Gasteiger partial charge on any atom is 0.414 e. The first-order chi connectivity index (χ1) is 4.20. The number of aromatic nitrogens is 3. The largest absolute Gasteiger partial charge is 0.414 e. The predicted molar refractivity (Wildman–Crippen MR) is 23.9 cm³/mol. The van der Waals surface area contributed by atoms with Gasteiger partial charge in [-0.05, 0) is 4.92 Å². The number of nitrogens with zero attached hydrogens (tertiary/aromatic N) is 4. The summed E-state index contributed by atoms with van der Waals surface area (Å²) >= 11 is 0. The normalized spacial score (nSPS) is 9.33. The van der Waals surface area contributed by atoms with Gasteiger partial charge in [0.15, 0.2) is 6.20 Å². The van der Waals surface area contributed by atoms with Crippen molar-refractivity contribution in [3.05, 3.63) is 16.3 Å². The quantitative estimate of drug-likeness (QED) is 0.312. The van der Waals surface area contributed by atoms with Crippen molar-refractivity contribution in [3.63, 3.8) is 0 Å². The Hall–Kier alpha value is -1.66. The van der Waals surface area contributed by atoms with Crippen molar-refractivity contribution in [2.24, 2.45) is 0 Å². The lowest BCUT2D eigenvalue weighted by molar-refractivity contribution is -0.389. The molecule has 1 aromatic rings. The number of nitro groups is 1. The molecule has 7 nitrogen and oxygen atoms in total. The summed E-state index contributed by atoms with van der Waals surface area (Å²) in [6.07, 6.45) is 0.792. The third-order valence-electron chi connectivity index (χ3n) is 0.657. The standard InChI is InChI=1S/C2H2N4O3/c7-5-1-2(3-4-5)6(8)9/h1,7H. The first kappa shape index (κ1) is 5.48. The highest BCUT2D eigenvalue weighted by Gasteiger charge is 2.10. The lowest BCUT2D eigenvalue weighted by Crippen LogP contribution is -1.88. The second-order valence-corrected chi connectivity index (χ2v) is 1.25. The van der Waals surface area contributed by atoms with Gasteiger partial charge in [-0.25, -0.2) is 0 Å². The first-order valence-electron chi connectivity index (χ1n) is 1.96. The third-order valence-corrected chi connectivity index (χ3v) is 0.657. The van der Waals surface area contributed by atoms with Gasteiger partial charge in [0, 0.05) is 0 Å². The minimum absolute atomic E-state index is 0.276. The van der Waals surface area contributed by atoms with E-state index in [2.05, 4.69) is 10.3 Å². The van der Waals surface area contributed by atoms with Gasteiger partial charge in [0.2, 0.25) is 0 Å². The zero-order valence-corrected chi connectivity index (χ0v) is 4.13. The fourth-order valence-corrected chi connectivity index (χ4v) is 0.330. The van der Waals surface area contributed by atoms with E-state index in [4.69, 9.17) is 5.21 Å². The van der Waals surface area contributed by atoms with Crippen LogP contribution in [-0.2, 0) is 0 Å². The van der Waals surface area contributed by atoms with Crippen LogP contribution in [0.15, 0.2) is 6.20 Å². The van der Waals surface area contributed by atoms with E-state index in [9.17, 15) is 10.1 Å². The van der Waals surface area contributed by atoms with E-state index in [1.54, 1.807) is 0 Å². The first-order valence-corrected chi connectivity index (χ1v) is 1.96. The van der Waals surface area contributed by atoms with E-state index in [1.807, 2.05) is 0 Å². The molecule has 0 bridgehead atoms. The Morgan fingerprint density at radius 3 is 2.78 bits per heavy atom. The molecule has 1 heterocycles. The summed E-state index contributed by atoms with van der Waals surface area (Å²) in [5.41, 5.74) is 0. The zero-order chi connectivity index (χ0) is 6.85. The molecule has 0 saturated carbocycles. The molecule has 1 N–H and O–H groups in total. The number of rotatable bonds is 1.